The average Bonchev–Trinajstić information content (AvgIpc) is 2.15. The number of methoxy groups -OCH3 is 1. The van der Waals surface area contributed by atoms with Crippen LogP contribution in [0, 0.1) is 0 Å². The van der Waals surface area contributed by atoms with Crippen molar-refractivity contribution in [3.8, 4) is 0 Å². The average molecular weight is 229 g/mol. The number of rotatable bonds is 2. The monoisotopic (exact) mass is 229 g/mol. The third-order valence-electron chi connectivity index (χ3n) is 2.95. The van der Waals surface area contributed by atoms with Gasteiger partial charge in [0.25, 0.3) is 0 Å². The van der Waals surface area contributed by atoms with E-state index in [1.165, 1.54) is 4.90 Å². The number of carbonyl (C=O) groups is 1. The van der Waals surface area contributed by atoms with Gasteiger partial charge >= 0.3 is 0 Å². The maximum atomic E-state index is 11.2. The summed E-state index contributed by atoms with van der Waals surface area (Å²) in [4.78, 5) is 12.7. The molecule has 0 radical (unpaired) electrons. The maximum absolute atomic E-state index is 11.2. The molecule has 0 saturated carbocycles. The molecule has 16 heavy (non-hydrogen) atoms. The van der Waals surface area contributed by atoms with Gasteiger partial charge in [-0.1, -0.05) is 0 Å². The van der Waals surface area contributed by atoms with Crippen molar-refractivity contribution >= 4 is 6.09 Å². The number of piperidine rings is 1. The fourth-order valence-electron chi connectivity index (χ4n) is 2.26. The Kier molecular flexibility index (Phi) is 4.15. The van der Waals surface area contributed by atoms with Gasteiger partial charge in [0.2, 0.25) is 0 Å². The van der Waals surface area contributed by atoms with Gasteiger partial charge in [-0.2, -0.15) is 0 Å². The Bertz CT molecular complexity index is 250. The predicted molar refractivity (Wildman–Crippen MR) is 59.1 cm³/mol. The Labute approximate surface area is 96.8 Å². The zero-order valence-electron chi connectivity index (χ0n) is 10.4. The van der Waals surface area contributed by atoms with Gasteiger partial charge < -0.3 is 24.9 Å². The summed E-state index contributed by atoms with van der Waals surface area (Å²) in [5.74, 6) is 0. The van der Waals surface area contributed by atoms with Crippen LogP contribution in [0.2, 0.25) is 0 Å². The summed E-state index contributed by atoms with van der Waals surface area (Å²) >= 11 is 0. The molecule has 1 aliphatic heterocycles. The third-order valence-corrected chi connectivity index (χ3v) is 2.95. The molecule has 1 saturated heterocycles. The van der Waals surface area contributed by atoms with Crippen LogP contribution in [0.1, 0.15) is 27.2 Å². The van der Waals surface area contributed by atoms with Crippen LogP contribution in [0.4, 0.5) is 4.79 Å². The molecule has 0 spiro atoms. The Morgan fingerprint density at radius 2 is 2.12 bits per heavy atom. The second kappa shape index (κ2) is 5.01. The van der Waals surface area contributed by atoms with Crippen molar-refractivity contribution in [2.45, 2.75) is 44.9 Å². The SMILES string of the molecule is CO[C@@H]1CNCC[C@@H]1N(C(=O)[O-])C(C)(C)C. The highest BCUT2D eigenvalue weighted by Gasteiger charge is 2.35. The Morgan fingerprint density at radius 3 is 2.56 bits per heavy atom. The Balaban J connectivity index is 2.87. The van der Waals surface area contributed by atoms with E-state index in [0.29, 0.717) is 6.54 Å². The molecule has 0 aromatic heterocycles. The van der Waals surface area contributed by atoms with E-state index in [0.717, 1.165) is 13.0 Å². The van der Waals surface area contributed by atoms with Crippen LogP contribution in [-0.2, 0) is 4.74 Å². The first-order chi connectivity index (χ1) is 7.38. The topological polar surface area (TPSA) is 64.6 Å². The number of ether oxygens (including phenoxy) is 1. The van der Waals surface area contributed by atoms with Gasteiger partial charge in [0.1, 0.15) is 6.09 Å². The van der Waals surface area contributed by atoms with Crippen LogP contribution >= 0.6 is 0 Å². The number of nitrogens with one attached hydrogen (secondary N) is 1. The summed E-state index contributed by atoms with van der Waals surface area (Å²) in [7, 11) is 1.61. The lowest BCUT2D eigenvalue weighted by atomic mass is 9.95. The number of carbonyl (C=O) groups excluding carboxylic acids is 1. The highest BCUT2D eigenvalue weighted by atomic mass is 16.5. The normalized spacial score (nSPS) is 26.5. The lowest BCUT2D eigenvalue weighted by Gasteiger charge is -2.48. The molecule has 5 heteroatoms. The first-order valence-electron chi connectivity index (χ1n) is 5.61. The van der Waals surface area contributed by atoms with Crippen molar-refractivity contribution in [3.63, 3.8) is 0 Å². The number of hydrogen-bond acceptors (Lipinski definition) is 4. The smallest absolute Gasteiger partial charge is 0.137 e. The summed E-state index contributed by atoms with van der Waals surface area (Å²) in [6.07, 6.45) is -0.476. The van der Waals surface area contributed by atoms with Gasteiger partial charge in [-0.3, -0.25) is 0 Å². The lowest BCUT2D eigenvalue weighted by molar-refractivity contribution is -0.276. The minimum atomic E-state index is -1.12. The van der Waals surface area contributed by atoms with Gasteiger partial charge in [0.15, 0.2) is 0 Å². The molecule has 1 fully saturated rings. The van der Waals surface area contributed by atoms with Crippen molar-refractivity contribution in [2.75, 3.05) is 20.2 Å². The standard InChI is InChI=1S/C11H22N2O3/c1-11(2,3)13(10(14)15)8-5-6-12-7-9(8)16-4/h8-9,12H,5-7H2,1-4H3,(H,14,15)/p-1/t8-,9+/m0/s1. The van der Waals surface area contributed by atoms with E-state index in [9.17, 15) is 9.90 Å². The van der Waals surface area contributed by atoms with E-state index >= 15 is 0 Å². The zero-order chi connectivity index (χ0) is 12.3. The number of hydrogen-bond donors (Lipinski definition) is 1. The molecular formula is C11H21N2O3-. The van der Waals surface area contributed by atoms with Crippen molar-refractivity contribution in [3.05, 3.63) is 0 Å². The molecule has 0 aromatic carbocycles. The van der Waals surface area contributed by atoms with E-state index in [4.69, 9.17) is 4.74 Å². The fourth-order valence-corrected chi connectivity index (χ4v) is 2.26. The van der Waals surface area contributed by atoms with Crippen LogP contribution in [0.3, 0.4) is 0 Å². The minimum absolute atomic E-state index is 0.106. The van der Waals surface area contributed by atoms with Crippen LogP contribution in [0.15, 0.2) is 0 Å². The molecule has 0 unspecified atom stereocenters. The Hall–Kier alpha value is -0.810. The molecule has 1 amide bonds. The van der Waals surface area contributed by atoms with Crippen molar-refractivity contribution in [2.24, 2.45) is 0 Å². The number of carboxylic acid groups (broad SMARTS) is 1. The van der Waals surface area contributed by atoms with Crippen LogP contribution in [-0.4, -0.2) is 48.9 Å². The van der Waals surface area contributed by atoms with Crippen LogP contribution < -0.4 is 10.4 Å². The molecule has 0 aliphatic carbocycles. The van der Waals surface area contributed by atoms with Gasteiger partial charge in [0.05, 0.1) is 12.1 Å². The minimum Gasteiger partial charge on any atom is -0.530 e. The molecule has 1 rings (SSSR count). The molecule has 5 nitrogen and oxygen atoms in total. The fraction of sp³-hybridized carbons (Fsp3) is 0.909. The summed E-state index contributed by atoms with van der Waals surface area (Å²) in [5.41, 5.74) is -0.461. The van der Waals surface area contributed by atoms with Crippen molar-refractivity contribution < 1.29 is 14.6 Å². The quantitative estimate of drug-likeness (QED) is 0.712. The highest BCUT2D eigenvalue weighted by molar-refractivity contribution is 5.64. The molecule has 2 atom stereocenters. The van der Waals surface area contributed by atoms with E-state index < -0.39 is 11.6 Å². The second-order valence-corrected chi connectivity index (χ2v) is 5.14. The molecule has 0 aromatic rings. The molecule has 0 bridgehead atoms. The Morgan fingerprint density at radius 1 is 1.50 bits per heavy atom. The summed E-state index contributed by atoms with van der Waals surface area (Å²) in [5, 5.41) is 14.4. The third kappa shape index (κ3) is 2.86. The molecule has 1 aliphatic rings. The van der Waals surface area contributed by atoms with Gasteiger partial charge in [-0.25, -0.2) is 0 Å². The summed E-state index contributed by atoms with van der Waals surface area (Å²) in [6.45, 7) is 7.11. The maximum Gasteiger partial charge on any atom is 0.137 e. The predicted octanol–water partition coefficient (Wildman–Crippen LogP) is -0.193. The molecule has 1 heterocycles. The molecular weight excluding hydrogens is 208 g/mol. The summed E-state index contributed by atoms with van der Waals surface area (Å²) in [6, 6.07) is -0.128. The van der Waals surface area contributed by atoms with E-state index in [1.54, 1.807) is 7.11 Å². The van der Waals surface area contributed by atoms with Crippen LogP contribution in [0.5, 0.6) is 0 Å². The van der Waals surface area contributed by atoms with Gasteiger partial charge in [-0.05, 0) is 33.7 Å². The first kappa shape index (κ1) is 13.3. The van der Waals surface area contributed by atoms with Gasteiger partial charge in [-0.15, -0.1) is 0 Å². The second-order valence-electron chi connectivity index (χ2n) is 5.14. The lowest BCUT2D eigenvalue weighted by Crippen LogP contribution is -2.63. The number of amides is 1. The molecule has 94 valence electrons. The summed E-state index contributed by atoms with van der Waals surface area (Å²) < 4.78 is 5.33. The van der Waals surface area contributed by atoms with E-state index in [2.05, 4.69) is 5.32 Å². The zero-order valence-corrected chi connectivity index (χ0v) is 10.4. The first-order valence-corrected chi connectivity index (χ1v) is 5.61. The number of nitrogens with zero attached hydrogens (tertiary/aromatic N) is 1. The van der Waals surface area contributed by atoms with E-state index in [-0.39, 0.29) is 12.1 Å². The van der Waals surface area contributed by atoms with Gasteiger partial charge in [0, 0.05) is 19.2 Å². The molecule has 1 N–H and O–H groups in total. The van der Waals surface area contributed by atoms with Crippen LogP contribution in [0.25, 0.3) is 0 Å². The highest BCUT2D eigenvalue weighted by Crippen LogP contribution is 2.23. The largest absolute Gasteiger partial charge is 0.530 e. The van der Waals surface area contributed by atoms with Crippen molar-refractivity contribution in [1.29, 1.82) is 0 Å². The van der Waals surface area contributed by atoms with E-state index in [1.807, 2.05) is 20.8 Å². The van der Waals surface area contributed by atoms with Crippen molar-refractivity contribution in [1.82, 2.24) is 10.2 Å².